The molecule has 1 saturated carbocycles. The van der Waals surface area contributed by atoms with E-state index in [0.717, 1.165) is 11.1 Å². The van der Waals surface area contributed by atoms with E-state index in [-0.39, 0.29) is 36.2 Å². The Morgan fingerprint density at radius 2 is 1.93 bits per heavy atom. The molecule has 3 amide bonds. The third-order valence-corrected chi connectivity index (χ3v) is 6.93. The highest BCUT2D eigenvalue weighted by Crippen LogP contribution is 2.31. The van der Waals surface area contributed by atoms with E-state index in [1.807, 2.05) is 18.2 Å². The van der Waals surface area contributed by atoms with Crippen LogP contribution in [0.4, 0.5) is 0 Å². The van der Waals surface area contributed by atoms with Crippen LogP contribution in [-0.2, 0) is 22.7 Å². The molecule has 0 spiro atoms. The molecule has 1 aromatic rings. The van der Waals surface area contributed by atoms with Gasteiger partial charge in [0.15, 0.2) is 0 Å². The molecule has 0 radical (unpaired) electrons. The molecule has 4 rings (SSSR count). The monoisotopic (exact) mass is 412 g/mol. The lowest BCUT2D eigenvalue weighted by Crippen LogP contribution is -2.52. The Balaban J connectivity index is 1.48. The maximum absolute atomic E-state index is 13.0. The second kappa shape index (κ2) is 8.86. The van der Waals surface area contributed by atoms with Crippen molar-refractivity contribution in [3.05, 3.63) is 34.9 Å². The van der Waals surface area contributed by atoms with Crippen molar-refractivity contribution in [2.24, 2.45) is 11.7 Å². The third kappa shape index (κ3) is 4.14. The lowest BCUT2D eigenvalue weighted by Gasteiger charge is -2.34. The molecule has 4 N–H and O–H groups in total. The summed E-state index contributed by atoms with van der Waals surface area (Å²) >= 11 is 0. The molecule has 3 aliphatic rings. The number of benzene rings is 1. The first kappa shape index (κ1) is 21.0. The number of nitrogens with one attached hydrogen (secondary N) is 2. The minimum Gasteiger partial charge on any atom is -0.327 e. The molecule has 0 aromatic heterocycles. The van der Waals surface area contributed by atoms with Crippen molar-refractivity contribution >= 4 is 17.7 Å². The van der Waals surface area contributed by atoms with Gasteiger partial charge in [0.1, 0.15) is 6.04 Å². The summed E-state index contributed by atoms with van der Waals surface area (Å²) in [6.45, 7) is 3.13. The van der Waals surface area contributed by atoms with Crippen LogP contribution >= 0.6 is 0 Å². The Morgan fingerprint density at radius 3 is 2.63 bits per heavy atom. The number of nitrogens with two attached hydrogens (primary N) is 1. The molecule has 1 saturated heterocycles. The maximum Gasteiger partial charge on any atom is 0.255 e. The van der Waals surface area contributed by atoms with E-state index in [0.29, 0.717) is 31.0 Å². The molecule has 3 atom stereocenters. The van der Waals surface area contributed by atoms with Crippen molar-refractivity contribution in [2.75, 3.05) is 0 Å². The lowest BCUT2D eigenvalue weighted by molar-refractivity contribution is -0.136. The van der Waals surface area contributed by atoms with Gasteiger partial charge in [-0.3, -0.25) is 19.7 Å². The first-order chi connectivity index (χ1) is 14.5. The average molecular weight is 413 g/mol. The largest absolute Gasteiger partial charge is 0.327 e. The van der Waals surface area contributed by atoms with Gasteiger partial charge in [-0.05, 0) is 49.3 Å². The van der Waals surface area contributed by atoms with Gasteiger partial charge in [0, 0.05) is 37.2 Å². The summed E-state index contributed by atoms with van der Waals surface area (Å²) in [6.07, 6.45) is 6.93. The number of hydrogen-bond acceptors (Lipinski definition) is 5. The topological polar surface area (TPSA) is 105 Å². The Kier molecular flexibility index (Phi) is 6.20. The second-order valence-electron chi connectivity index (χ2n) is 9.01. The summed E-state index contributed by atoms with van der Waals surface area (Å²) in [5.74, 6) is -0.175. The van der Waals surface area contributed by atoms with Crippen LogP contribution in [0.25, 0.3) is 0 Å². The van der Waals surface area contributed by atoms with E-state index in [1.54, 1.807) is 4.90 Å². The number of hydrogen-bond donors (Lipinski definition) is 3. The van der Waals surface area contributed by atoms with Gasteiger partial charge in [-0.25, -0.2) is 0 Å². The van der Waals surface area contributed by atoms with Gasteiger partial charge in [0.05, 0.1) is 0 Å². The molecule has 162 valence electrons. The minimum atomic E-state index is -0.581. The maximum atomic E-state index is 13.0. The Morgan fingerprint density at radius 1 is 1.17 bits per heavy atom. The summed E-state index contributed by atoms with van der Waals surface area (Å²) in [6, 6.07) is 5.52. The normalized spacial score (nSPS) is 24.5. The number of carbonyl (C=O) groups is 3. The van der Waals surface area contributed by atoms with Crippen LogP contribution in [0.1, 0.15) is 73.4 Å². The molecular formula is C23H32N4O3. The van der Waals surface area contributed by atoms with Crippen molar-refractivity contribution in [1.29, 1.82) is 0 Å². The predicted molar refractivity (Wildman–Crippen MR) is 113 cm³/mol. The first-order valence-corrected chi connectivity index (χ1v) is 11.2. The van der Waals surface area contributed by atoms with Crippen molar-refractivity contribution < 1.29 is 14.4 Å². The fraction of sp³-hybridized carbons (Fsp3) is 0.609. The van der Waals surface area contributed by atoms with Gasteiger partial charge in [-0.15, -0.1) is 0 Å². The zero-order valence-electron chi connectivity index (χ0n) is 17.7. The number of fused-ring (bicyclic) bond motifs is 1. The molecule has 30 heavy (non-hydrogen) atoms. The van der Waals surface area contributed by atoms with Crippen LogP contribution in [0.5, 0.6) is 0 Å². The first-order valence-electron chi connectivity index (χ1n) is 11.2. The highest BCUT2D eigenvalue weighted by molar-refractivity contribution is 6.05. The highest BCUT2D eigenvalue weighted by atomic mass is 16.2. The van der Waals surface area contributed by atoms with E-state index in [2.05, 4.69) is 17.6 Å². The van der Waals surface area contributed by atoms with E-state index >= 15 is 0 Å². The molecule has 1 aromatic carbocycles. The molecule has 0 bridgehead atoms. The van der Waals surface area contributed by atoms with Crippen molar-refractivity contribution in [2.45, 2.75) is 83.1 Å². The Labute approximate surface area is 177 Å². The third-order valence-electron chi connectivity index (χ3n) is 6.93. The summed E-state index contributed by atoms with van der Waals surface area (Å²) in [5, 5.41) is 6.04. The van der Waals surface area contributed by atoms with Crippen LogP contribution in [0.15, 0.2) is 18.2 Å². The van der Waals surface area contributed by atoms with Gasteiger partial charge in [-0.1, -0.05) is 31.4 Å². The summed E-state index contributed by atoms with van der Waals surface area (Å²) < 4.78 is 0. The lowest BCUT2D eigenvalue weighted by atomic mass is 9.81. The number of imide groups is 1. The second-order valence-corrected chi connectivity index (χ2v) is 9.01. The summed E-state index contributed by atoms with van der Waals surface area (Å²) in [7, 11) is 0. The fourth-order valence-corrected chi connectivity index (χ4v) is 5.32. The number of amides is 3. The predicted octanol–water partition coefficient (Wildman–Crippen LogP) is 1.83. The van der Waals surface area contributed by atoms with Gasteiger partial charge in [0.25, 0.3) is 5.91 Å². The summed E-state index contributed by atoms with van der Waals surface area (Å²) in [4.78, 5) is 38.4. The minimum absolute atomic E-state index is 0.0615. The standard InChI is InChI=1S/C23H32N4O3/c1-14(24)21(15-6-3-2-4-7-15)25-12-16-8-5-9-17-18(16)13-27(23(17)30)19-10-11-20(28)26-22(19)29/h5,8-9,14-15,19,21,25H,2-4,6-7,10-13,24H2,1H3,(H,26,28,29). The number of carbonyl (C=O) groups excluding carboxylic acids is 3. The number of piperidine rings is 1. The van der Waals surface area contributed by atoms with Crippen LogP contribution in [-0.4, -0.2) is 40.7 Å². The van der Waals surface area contributed by atoms with Gasteiger partial charge >= 0.3 is 0 Å². The van der Waals surface area contributed by atoms with Crippen LogP contribution in [0.2, 0.25) is 0 Å². The van der Waals surface area contributed by atoms with Gasteiger partial charge in [-0.2, -0.15) is 0 Å². The quantitative estimate of drug-likeness (QED) is 0.619. The van der Waals surface area contributed by atoms with Crippen molar-refractivity contribution in [1.82, 2.24) is 15.5 Å². The van der Waals surface area contributed by atoms with Gasteiger partial charge in [0.2, 0.25) is 11.8 Å². The molecule has 7 heteroatoms. The number of nitrogens with zero attached hydrogens (tertiary/aromatic N) is 1. The average Bonchev–Trinajstić information content (AvgIpc) is 3.06. The molecule has 2 heterocycles. The van der Waals surface area contributed by atoms with Crippen LogP contribution in [0, 0.1) is 5.92 Å². The fourth-order valence-electron chi connectivity index (χ4n) is 5.32. The van der Waals surface area contributed by atoms with E-state index in [1.165, 1.54) is 32.1 Å². The molecule has 3 unspecified atom stereocenters. The SMILES string of the molecule is CC(N)C(NCc1cccc2c1CN(C1CCC(=O)NC1=O)C2=O)C1CCCCC1. The molecule has 1 aliphatic carbocycles. The van der Waals surface area contributed by atoms with Crippen molar-refractivity contribution in [3.63, 3.8) is 0 Å². The van der Waals surface area contributed by atoms with Crippen molar-refractivity contribution in [3.8, 4) is 0 Å². The molecule has 2 aliphatic heterocycles. The zero-order valence-corrected chi connectivity index (χ0v) is 17.7. The van der Waals surface area contributed by atoms with Crippen LogP contribution < -0.4 is 16.4 Å². The Bertz CT molecular complexity index is 832. The number of rotatable bonds is 6. The molecule has 2 fully saturated rings. The van der Waals surface area contributed by atoms with E-state index in [4.69, 9.17) is 5.73 Å². The van der Waals surface area contributed by atoms with E-state index in [9.17, 15) is 14.4 Å². The molecule has 7 nitrogen and oxygen atoms in total. The van der Waals surface area contributed by atoms with Crippen LogP contribution in [0.3, 0.4) is 0 Å². The van der Waals surface area contributed by atoms with Gasteiger partial charge < -0.3 is 16.0 Å². The smallest absolute Gasteiger partial charge is 0.255 e. The summed E-state index contributed by atoms with van der Waals surface area (Å²) in [5.41, 5.74) is 9.04. The molecular weight excluding hydrogens is 380 g/mol. The van der Waals surface area contributed by atoms with E-state index < -0.39 is 6.04 Å². The highest BCUT2D eigenvalue weighted by Gasteiger charge is 2.39. The Hall–Kier alpha value is -2.25. The zero-order chi connectivity index (χ0) is 21.3.